The van der Waals surface area contributed by atoms with Gasteiger partial charge in [-0.05, 0) is 12.1 Å². The second-order valence-corrected chi connectivity index (χ2v) is 5.54. The van der Waals surface area contributed by atoms with Crippen molar-refractivity contribution in [2.45, 2.75) is 18.7 Å². The van der Waals surface area contributed by atoms with Crippen molar-refractivity contribution in [3.8, 4) is 5.75 Å². The van der Waals surface area contributed by atoms with E-state index in [0.29, 0.717) is 30.9 Å². The molecule has 3 rings (SSSR count). The van der Waals surface area contributed by atoms with Crippen molar-refractivity contribution in [1.82, 2.24) is 9.80 Å². The van der Waals surface area contributed by atoms with Crippen LogP contribution in [0.5, 0.6) is 5.75 Å². The quantitative estimate of drug-likeness (QED) is 0.830. The molecular formula is C15H19FN2O3. The van der Waals surface area contributed by atoms with Gasteiger partial charge in [-0.15, -0.1) is 0 Å². The number of fused-ring (bicyclic) bond motifs is 1. The fraction of sp³-hybridized carbons (Fsp3) is 0.533. The Bertz CT molecular complexity index is 552. The molecule has 21 heavy (non-hydrogen) atoms. The van der Waals surface area contributed by atoms with E-state index in [0.717, 1.165) is 0 Å². The molecule has 1 amide bonds. The number of halogens is 1. The highest BCUT2D eigenvalue weighted by molar-refractivity contribution is 5.78. The normalized spacial score (nSPS) is 26.0. The predicted molar refractivity (Wildman–Crippen MR) is 74.5 cm³/mol. The number of nitrogens with zero attached hydrogens (tertiary/aromatic N) is 2. The lowest BCUT2D eigenvalue weighted by Crippen LogP contribution is -2.51. The van der Waals surface area contributed by atoms with Crippen molar-refractivity contribution in [3.05, 3.63) is 29.6 Å². The van der Waals surface area contributed by atoms with Gasteiger partial charge >= 0.3 is 0 Å². The first kappa shape index (κ1) is 14.3. The molecule has 2 saturated heterocycles. The maximum absolute atomic E-state index is 14.0. The molecule has 2 aliphatic rings. The van der Waals surface area contributed by atoms with Crippen molar-refractivity contribution in [2.24, 2.45) is 0 Å². The Labute approximate surface area is 123 Å². The molecule has 6 heteroatoms. The molecule has 0 unspecified atom stereocenters. The molecule has 0 aliphatic carbocycles. The molecule has 2 aliphatic heterocycles. The topological polar surface area (TPSA) is 42.0 Å². The van der Waals surface area contributed by atoms with Crippen LogP contribution in [0.4, 0.5) is 4.39 Å². The van der Waals surface area contributed by atoms with Gasteiger partial charge in [0, 0.05) is 32.2 Å². The number of methoxy groups -OCH3 is 1. The van der Waals surface area contributed by atoms with Gasteiger partial charge in [-0.1, -0.05) is 6.07 Å². The summed E-state index contributed by atoms with van der Waals surface area (Å²) in [5.41, 5.74) is 0.549. The largest absolute Gasteiger partial charge is 0.496 e. The number of ether oxygens (including phenoxy) is 2. The molecule has 5 nitrogen and oxygen atoms in total. The van der Waals surface area contributed by atoms with Crippen LogP contribution < -0.4 is 4.74 Å². The second kappa shape index (κ2) is 5.61. The summed E-state index contributed by atoms with van der Waals surface area (Å²) in [5, 5.41) is 0. The number of likely N-dealkylation sites (N-methyl/N-ethyl adjacent to an activating group) is 1. The van der Waals surface area contributed by atoms with Gasteiger partial charge in [0.05, 0.1) is 19.3 Å². The number of benzene rings is 1. The monoisotopic (exact) mass is 294 g/mol. The van der Waals surface area contributed by atoms with Crippen LogP contribution in [-0.2, 0) is 16.1 Å². The first-order valence-electron chi connectivity index (χ1n) is 7.01. The van der Waals surface area contributed by atoms with Crippen molar-refractivity contribution < 1.29 is 18.7 Å². The third-order valence-electron chi connectivity index (χ3n) is 4.30. The van der Waals surface area contributed by atoms with Crippen LogP contribution in [0.2, 0.25) is 0 Å². The van der Waals surface area contributed by atoms with Crippen molar-refractivity contribution >= 4 is 5.91 Å². The Hall–Kier alpha value is -1.66. The number of hydrogen-bond donors (Lipinski definition) is 0. The van der Waals surface area contributed by atoms with Crippen molar-refractivity contribution in [1.29, 1.82) is 0 Å². The Morgan fingerprint density at radius 1 is 1.43 bits per heavy atom. The molecule has 1 aromatic carbocycles. The number of carbonyl (C=O) groups is 1. The van der Waals surface area contributed by atoms with Gasteiger partial charge in [-0.3, -0.25) is 9.69 Å². The third kappa shape index (κ3) is 2.61. The zero-order valence-corrected chi connectivity index (χ0v) is 12.2. The van der Waals surface area contributed by atoms with Gasteiger partial charge in [0.15, 0.2) is 0 Å². The van der Waals surface area contributed by atoms with Crippen LogP contribution in [0.15, 0.2) is 18.2 Å². The van der Waals surface area contributed by atoms with Gasteiger partial charge < -0.3 is 14.4 Å². The van der Waals surface area contributed by atoms with Gasteiger partial charge in [0.1, 0.15) is 18.2 Å². The summed E-state index contributed by atoms with van der Waals surface area (Å²) < 4.78 is 24.8. The number of hydrogen-bond acceptors (Lipinski definition) is 4. The zero-order valence-electron chi connectivity index (χ0n) is 12.2. The Kier molecular flexibility index (Phi) is 3.82. The molecule has 1 aromatic rings. The molecule has 0 saturated carbocycles. The van der Waals surface area contributed by atoms with E-state index >= 15 is 0 Å². The van der Waals surface area contributed by atoms with Gasteiger partial charge in [-0.25, -0.2) is 4.39 Å². The van der Waals surface area contributed by atoms with Gasteiger partial charge in [0.2, 0.25) is 5.91 Å². The minimum atomic E-state index is -0.269. The van der Waals surface area contributed by atoms with E-state index in [1.54, 1.807) is 24.1 Å². The minimum Gasteiger partial charge on any atom is -0.496 e. The lowest BCUT2D eigenvalue weighted by Gasteiger charge is -2.33. The average Bonchev–Trinajstić information content (AvgIpc) is 2.89. The summed E-state index contributed by atoms with van der Waals surface area (Å²) in [6.45, 7) is 1.97. The zero-order chi connectivity index (χ0) is 15.0. The molecule has 0 aromatic heterocycles. The van der Waals surface area contributed by atoms with Crippen molar-refractivity contribution in [2.75, 3.05) is 33.9 Å². The molecule has 2 atom stereocenters. The second-order valence-electron chi connectivity index (χ2n) is 5.54. The molecule has 0 N–H and O–H groups in total. The average molecular weight is 294 g/mol. The van der Waals surface area contributed by atoms with Crippen LogP contribution in [0.3, 0.4) is 0 Å². The van der Waals surface area contributed by atoms with E-state index in [2.05, 4.69) is 4.90 Å². The minimum absolute atomic E-state index is 0.00146. The van der Waals surface area contributed by atoms with Crippen LogP contribution in [-0.4, -0.2) is 61.7 Å². The molecule has 0 bridgehead atoms. The third-order valence-corrected chi connectivity index (χ3v) is 4.30. The van der Waals surface area contributed by atoms with Gasteiger partial charge in [-0.2, -0.15) is 0 Å². The number of morpholine rings is 1. The Morgan fingerprint density at radius 3 is 3.00 bits per heavy atom. The predicted octanol–water partition coefficient (Wildman–Crippen LogP) is 0.876. The van der Waals surface area contributed by atoms with E-state index in [1.807, 2.05) is 0 Å². The summed E-state index contributed by atoms with van der Waals surface area (Å²) in [4.78, 5) is 15.5. The molecular weight excluding hydrogens is 275 g/mol. The van der Waals surface area contributed by atoms with Crippen LogP contribution in [0, 0.1) is 5.82 Å². The highest BCUT2D eigenvalue weighted by Gasteiger charge is 2.41. The fourth-order valence-electron chi connectivity index (χ4n) is 3.07. The van der Waals surface area contributed by atoms with E-state index in [-0.39, 0.29) is 30.5 Å². The number of likely N-dealkylation sites (tertiary alicyclic amines) is 1. The summed E-state index contributed by atoms with van der Waals surface area (Å²) in [7, 11) is 3.34. The van der Waals surface area contributed by atoms with E-state index in [1.165, 1.54) is 13.2 Å². The first-order chi connectivity index (χ1) is 10.1. The Morgan fingerprint density at radius 2 is 2.24 bits per heavy atom. The highest BCUT2D eigenvalue weighted by atomic mass is 19.1. The fourth-order valence-corrected chi connectivity index (χ4v) is 3.07. The summed E-state index contributed by atoms with van der Waals surface area (Å²) in [5.74, 6) is 0.284. The first-order valence-corrected chi connectivity index (χ1v) is 7.01. The van der Waals surface area contributed by atoms with Crippen LogP contribution >= 0.6 is 0 Å². The van der Waals surface area contributed by atoms with E-state index in [9.17, 15) is 9.18 Å². The van der Waals surface area contributed by atoms with E-state index < -0.39 is 0 Å². The smallest absolute Gasteiger partial charge is 0.248 e. The van der Waals surface area contributed by atoms with E-state index in [4.69, 9.17) is 9.47 Å². The maximum atomic E-state index is 14.0. The molecule has 0 spiro atoms. The standard InChI is InChI=1S/C15H19FN2O3/c1-17-12-7-18(8-14(12)21-9-15(17)19)6-10-11(16)4-3-5-13(10)20-2/h3-5,12,14H,6-9H2,1-2H3/t12-,14-/m0/s1. The highest BCUT2D eigenvalue weighted by Crippen LogP contribution is 2.27. The SMILES string of the molecule is COc1cccc(F)c1CN1C[C@@H]2OCC(=O)N(C)[C@H]2C1. The molecule has 2 heterocycles. The Balaban J connectivity index is 1.74. The lowest BCUT2D eigenvalue weighted by atomic mass is 10.1. The molecule has 0 radical (unpaired) electrons. The molecule has 2 fully saturated rings. The van der Waals surface area contributed by atoms with Crippen LogP contribution in [0.25, 0.3) is 0 Å². The molecule has 114 valence electrons. The summed E-state index contributed by atoms with van der Waals surface area (Å²) in [6, 6.07) is 4.88. The number of amides is 1. The number of rotatable bonds is 3. The summed E-state index contributed by atoms with van der Waals surface area (Å²) >= 11 is 0. The van der Waals surface area contributed by atoms with Crippen molar-refractivity contribution in [3.63, 3.8) is 0 Å². The number of carbonyl (C=O) groups excluding carboxylic acids is 1. The summed E-state index contributed by atoms with van der Waals surface area (Å²) in [6.07, 6.45) is 0.00506. The lowest BCUT2D eigenvalue weighted by molar-refractivity contribution is -0.150. The van der Waals surface area contributed by atoms with Gasteiger partial charge in [0.25, 0.3) is 0 Å². The van der Waals surface area contributed by atoms with Crippen LogP contribution in [0.1, 0.15) is 5.56 Å². The maximum Gasteiger partial charge on any atom is 0.248 e.